The van der Waals surface area contributed by atoms with Gasteiger partial charge in [0, 0.05) is 10.2 Å². The van der Waals surface area contributed by atoms with Crippen LogP contribution >= 0.6 is 39.9 Å². The third-order valence-electron chi connectivity index (χ3n) is 2.06. The summed E-state index contributed by atoms with van der Waals surface area (Å²) in [6.45, 7) is 0. The summed E-state index contributed by atoms with van der Waals surface area (Å²) in [7, 11) is 0. The fourth-order valence-corrected chi connectivity index (χ4v) is 3.41. The number of nitrogens with zero attached hydrogens (tertiary/aromatic N) is 1. The molecule has 0 aliphatic heterocycles. The van der Waals surface area contributed by atoms with Gasteiger partial charge in [0.15, 0.2) is 0 Å². The molecule has 0 bridgehead atoms. The molecule has 0 saturated carbocycles. The summed E-state index contributed by atoms with van der Waals surface area (Å²) in [4.78, 5) is 0.753. The van der Waals surface area contributed by atoms with Gasteiger partial charge in [-0.25, -0.2) is 0 Å². The Morgan fingerprint density at radius 3 is 2.93 bits per heavy atom. The Hall–Kier alpha value is -0.500. The minimum absolute atomic E-state index is 0.683. The number of hydrogen-bond acceptors (Lipinski definition) is 3. The molecular formula is C10H6BrNS2. The smallest absolute Gasteiger partial charge is 0.102 e. The molecule has 1 nitrogen and oxygen atoms in total. The van der Waals surface area contributed by atoms with Crippen LogP contribution in [-0.4, -0.2) is 0 Å². The number of benzene rings is 1. The molecule has 70 valence electrons. The van der Waals surface area contributed by atoms with Crippen LogP contribution in [-0.2, 0) is 5.33 Å². The maximum absolute atomic E-state index is 8.99. The van der Waals surface area contributed by atoms with Gasteiger partial charge in [0.05, 0.1) is 10.3 Å². The Labute approximate surface area is 99.9 Å². The second-order valence-electron chi connectivity index (χ2n) is 2.84. The highest BCUT2D eigenvalue weighted by Crippen LogP contribution is 2.33. The van der Waals surface area contributed by atoms with Crippen molar-refractivity contribution in [1.82, 2.24) is 0 Å². The Morgan fingerprint density at radius 1 is 1.50 bits per heavy atom. The topological polar surface area (TPSA) is 23.8 Å². The van der Waals surface area contributed by atoms with E-state index in [9.17, 15) is 0 Å². The number of rotatable bonds is 1. The van der Waals surface area contributed by atoms with Crippen molar-refractivity contribution in [3.63, 3.8) is 0 Å². The number of nitriles is 1. The summed E-state index contributed by atoms with van der Waals surface area (Å²) in [6, 6.07) is 6.09. The second kappa shape index (κ2) is 3.93. The molecule has 1 heterocycles. The zero-order valence-corrected chi connectivity index (χ0v) is 10.4. The second-order valence-corrected chi connectivity index (χ2v) is 4.76. The highest BCUT2D eigenvalue weighted by Gasteiger charge is 2.09. The normalized spacial score (nSPS) is 10.4. The molecular weight excluding hydrogens is 278 g/mol. The lowest BCUT2D eigenvalue weighted by Gasteiger charge is -1.98. The molecule has 2 rings (SSSR count). The minimum Gasteiger partial charge on any atom is -0.192 e. The summed E-state index contributed by atoms with van der Waals surface area (Å²) in [5, 5.41) is 13.0. The highest BCUT2D eigenvalue weighted by molar-refractivity contribution is 9.08. The first-order valence-electron chi connectivity index (χ1n) is 3.96. The van der Waals surface area contributed by atoms with Crippen molar-refractivity contribution in [1.29, 1.82) is 5.26 Å². The van der Waals surface area contributed by atoms with Crippen molar-refractivity contribution in [2.45, 2.75) is 10.2 Å². The van der Waals surface area contributed by atoms with Crippen molar-refractivity contribution in [3.05, 3.63) is 28.6 Å². The van der Waals surface area contributed by atoms with E-state index >= 15 is 0 Å². The molecule has 0 amide bonds. The number of thiophene rings is 1. The van der Waals surface area contributed by atoms with Gasteiger partial charge in [0.25, 0.3) is 0 Å². The first-order chi connectivity index (χ1) is 6.77. The van der Waals surface area contributed by atoms with Crippen LogP contribution in [0.1, 0.15) is 11.1 Å². The number of fused-ring (bicyclic) bond motifs is 1. The summed E-state index contributed by atoms with van der Waals surface area (Å²) < 4.78 is 1.04. The van der Waals surface area contributed by atoms with E-state index in [1.807, 2.05) is 12.1 Å². The van der Waals surface area contributed by atoms with Gasteiger partial charge in [-0.3, -0.25) is 0 Å². The zero-order valence-electron chi connectivity index (χ0n) is 7.12. The molecule has 1 aromatic heterocycles. The minimum atomic E-state index is 0.683. The third kappa shape index (κ3) is 1.46. The maximum Gasteiger partial charge on any atom is 0.102 e. The lowest BCUT2D eigenvalue weighted by atomic mass is 10.1. The Bertz CT molecular complexity index is 525. The predicted octanol–water partition coefficient (Wildman–Crippen LogP) is 3.96. The highest BCUT2D eigenvalue weighted by atomic mass is 79.9. The van der Waals surface area contributed by atoms with Crippen molar-refractivity contribution in [2.75, 3.05) is 0 Å². The maximum atomic E-state index is 8.99. The first-order valence-corrected chi connectivity index (χ1v) is 6.41. The van der Waals surface area contributed by atoms with Gasteiger partial charge in [0.1, 0.15) is 6.07 Å². The number of thiol groups is 1. The van der Waals surface area contributed by atoms with Gasteiger partial charge >= 0.3 is 0 Å². The Kier molecular flexibility index (Phi) is 2.82. The molecule has 4 heteroatoms. The van der Waals surface area contributed by atoms with E-state index in [4.69, 9.17) is 5.26 Å². The molecule has 0 N–H and O–H groups in total. The number of halogens is 1. The van der Waals surface area contributed by atoms with E-state index in [2.05, 4.69) is 40.0 Å². The molecule has 0 aliphatic rings. The molecule has 0 unspecified atom stereocenters. The lowest BCUT2D eigenvalue weighted by molar-refractivity contribution is 1.42. The molecule has 0 radical (unpaired) electrons. The molecule has 14 heavy (non-hydrogen) atoms. The Balaban J connectivity index is 2.85. The van der Waals surface area contributed by atoms with Crippen LogP contribution in [0, 0.1) is 11.3 Å². The van der Waals surface area contributed by atoms with Crippen LogP contribution in [0.5, 0.6) is 0 Å². The molecule has 1 aromatic carbocycles. The molecule has 0 fully saturated rings. The van der Waals surface area contributed by atoms with Crippen molar-refractivity contribution < 1.29 is 0 Å². The van der Waals surface area contributed by atoms with Gasteiger partial charge in [-0.05, 0) is 22.4 Å². The number of hydrogen-bond donors (Lipinski definition) is 1. The fraction of sp³-hybridized carbons (Fsp3) is 0.100. The van der Waals surface area contributed by atoms with E-state index in [1.54, 1.807) is 11.3 Å². The molecule has 0 saturated heterocycles. The molecule has 0 spiro atoms. The van der Waals surface area contributed by atoms with E-state index in [0.717, 1.165) is 20.3 Å². The molecule has 0 aliphatic carbocycles. The van der Waals surface area contributed by atoms with Gasteiger partial charge < -0.3 is 0 Å². The average molecular weight is 284 g/mol. The van der Waals surface area contributed by atoms with Crippen LogP contribution in [0.25, 0.3) is 10.1 Å². The van der Waals surface area contributed by atoms with Crippen LogP contribution in [0.4, 0.5) is 0 Å². The molecule has 2 aromatic rings. The van der Waals surface area contributed by atoms with Crippen LogP contribution in [0.3, 0.4) is 0 Å². The van der Waals surface area contributed by atoms with Gasteiger partial charge in [-0.1, -0.05) is 22.0 Å². The summed E-state index contributed by atoms with van der Waals surface area (Å²) in [5.41, 5.74) is 1.91. The summed E-state index contributed by atoms with van der Waals surface area (Å²) >= 11 is 9.29. The monoisotopic (exact) mass is 283 g/mol. The van der Waals surface area contributed by atoms with E-state index in [1.165, 1.54) is 5.56 Å². The van der Waals surface area contributed by atoms with Crippen LogP contribution in [0.15, 0.2) is 22.4 Å². The van der Waals surface area contributed by atoms with Crippen molar-refractivity contribution >= 4 is 50.0 Å². The Morgan fingerprint density at radius 2 is 2.29 bits per heavy atom. The van der Waals surface area contributed by atoms with Gasteiger partial charge in [-0.2, -0.15) is 5.26 Å². The van der Waals surface area contributed by atoms with E-state index in [0.29, 0.717) is 5.56 Å². The van der Waals surface area contributed by atoms with Crippen LogP contribution < -0.4 is 0 Å². The number of alkyl halides is 1. The quantitative estimate of drug-likeness (QED) is 0.622. The van der Waals surface area contributed by atoms with Crippen molar-refractivity contribution in [2.24, 2.45) is 0 Å². The molecule has 0 atom stereocenters. The summed E-state index contributed by atoms with van der Waals surface area (Å²) in [6.07, 6.45) is 0. The first kappa shape index (κ1) is 10.0. The lowest BCUT2D eigenvalue weighted by Crippen LogP contribution is -1.79. The van der Waals surface area contributed by atoms with Gasteiger partial charge in [-0.15, -0.1) is 24.0 Å². The largest absolute Gasteiger partial charge is 0.192 e. The SMILES string of the molecule is N#Cc1c(S)ccc2c(CBr)csc12. The van der Waals surface area contributed by atoms with Gasteiger partial charge in [0.2, 0.25) is 0 Å². The predicted molar refractivity (Wildman–Crippen MR) is 66.4 cm³/mol. The standard InChI is InChI=1S/C10H6BrNS2/c11-3-6-5-14-10-7(6)1-2-9(13)8(10)4-12/h1-2,5,13H,3H2. The van der Waals surface area contributed by atoms with E-state index < -0.39 is 0 Å². The fourth-order valence-electron chi connectivity index (χ4n) is 1.35. The van der Waals surface area contributed by atoms with Crippen molar-refractivity contribution in [3.8, 4) is 6.07 Å². The summed E-state index contributed by atoms with van der Waals surface area (Å²) in [5.74, 6) is 0. The average Bonchev–Trinajstić information content (AvgIpc) is 2.60. The third-order valence-corrected chi connectivity index (χ3v) is 4.10. The zero-order chi connectivity index (χ0) is 10.1. The van der Waals surface area contributed by atoms with E-state index in [-0.39, 0.29) is 0 Å². The van der Waals surface area contributed by atoms with Crippen LogP contribution in [0.2, 0.25) is 0 Å².